The molecule has 1 aromatic rings. The predicted molar refractivity (Wildman–Crippen MR) is 72.2 cm³/mol. The highest BCUT2D eigenvalue weighted by molar-refractivity contribution is 7.97. The van der Waals surface area contributed by atoms with E-state index in [1.54, 1.807) is 6.07 Å². The number of nitro benzene ring substituents is 1. The topological polar surface area (TPSA) is 122 Å². The van der Waals surface area contributed by atoms with Gasteiger partial charge in [0, 0.05) is 13.1 Å². The fraction of sp³-hybridized carbons (Fsp3) is 0.273. The molecule has 0 aromatic heterocycles. The van der Waals surface area contributed by atoms with Gasteiger partial charge in [-0.1, -0.05) is 12.1 Å². The second-order valence-electron chi connectivity index (χ2n) is 3.71. The molecule has 20 heavy (non-hydrogen) atoms. The zero-order valence-electron chi connectivity index (χ0n) is 10.5. The number of carboxylic acid groups (broad SMARTS) is 1. The summed E-state index contributed by atoms with van der Waals surface area (Å²) in [6.07, 6.45) is -0.264. The number of para-hydroxylation sites is 1. The third kappa shape index (κ3) is 4.52. The first-order chi connectivity index (χ1) is 9.45. The van der Waals surface area contributed by atoms with Crippen molar-refractivity contribution in [3.8, 4) is 0 Å². The van der Waals surface area contributed by atoms with E-state index in [9.17, 15) is 19.7 Å². The van der Waals surface area contributed by atoms with Gasteiger partial charge in [0.05, 0.1) is 11.3 Å². The van der Waals surface area contributed by atoms with Crippen molar-refractivity contribution in [1.82, 2.24) is 10.0 Å². The number of aliphatic carboxylic acids is 1. The standard InChI is InChI=1S/C11H13N3O5S/c1-12-10(15)6-7(11(16)17)13-20-9-5-3-2-4-8(9)14(18)19/h2-5,7,13H,6H2,1H3,(H,12,15)(H,16,17)/t7-/m1/s1. The quantitative estimate of drug-likeness (QED) is 0.386. The molecular formula is C11H13N3O5S. The van der Waals surface area contributed by atoms with Gasteiger partial charge in [-0.25, -0.2) is 4.72 Å². The highest BCUT2D eigenvalue weighted by atomic mass is 32.2. The van der Waals surface area contributed by atoms with Crippen LogP contribution in [-0.4, -0.2) is 35.0 Å². The van der Waals surface area contributed by atoms with Gasteiger partial charge < -0.3 is 10.4 Å². The van der Waals surface area contributed by atoms with E-state index in [2.05, 4.69) is 10.0 Å². The maximum absolute atomic E-state index is 11.2. The SMILES string of the molecule is CNC(=O)C[C@@H](NSc1ccccc1[N+](=O)[O-])C(=O)O. The third-order valence-electron chi connectivity index (χ3n) is 2.34. The molecule has 0 aliphatic heterocycles. The summed E-state index contributed by atoms with van der Waals surface area (Å²) in [7, 11) is 1.40. The summed E-state index contributed by atoms with van der Waals surface area (Å²) in [6.45, 7) is 0. The highest BCUT2D eigenvalue weighted by Crippen LogP contribution is 2.27. The number of hydrogen-bond donors (Lipinski definition) is 3. The van der Waals surface area contributed by atoms with Crippen LogP contribution in [0.25, 0.3) is 0 Å². The summed E-state index contributed by atoms with van der Waals surface area (Å²) in [5.74, 6) is -1.65. The van der Waals surface area contributed by atoms with E-state index in [-0.39, 0.29) is 17.0 Å². The van der Waals surface area contributed by atoms with E-state index < -0.39 is 22.8 Å². The van der Waals surface area contributed by atoms with Gasteiger partial charge in [-0.15, -0.1) is 0 Å². The van der Waals surface area contributed by atoms with Crippen molar-refractivity contribution in [2.24, 2.45) is 0 Å². The van der Waals surface area contributed by atoms with Crippen molar-refractivity contribution < 1.29 is 19.6 Å². The van der Waals surface area contributed by atoms with E-state index in [0.29, 0.717) is 0 Å². The van der Waals surface area contributed by atoms with Crippen LogP contribution in [0.1, 0.15) is 6.42 Å². The van der Waals surface area contributed by atoms with Gasteiger partial charge in [0.1, 0.15) is 10.9 Å². The first-order valence-corrected chi connectivity index (χ1v) is 6.36. The fourth-order valence-electron chi connectivity index (χ4n) is 1.30. The Labute approximate surface area is 118 Å². The third-order valence-corrected chi connectivity index (χ3v) is 3.31. The molecule has 0 saturated carbocycles. The molecule has 1 amide bonds. The number of carboxylic acids is 1. The molecule has 8 nitrogen and oxygen atoms in total. The van der Waals surface area contributed by atoms with Crippen LogP contribution in [0, 0.1) is 10.1 Å². The van der Waals surface area contributed by atoms with Crippen LogP contribution >= 0.6 is 11.9 Å². The molecule has 0 bridgehead atoms. The molecule has 108 valence electrons. The smallest absolute Gasteiger partial charge is 0.322 e. The Bertz CT molecular complexity index is 523. The lowest BCUT2D eigenvalue weighted by Gasteiger charge is -2.12. The monoisotopic (exact) mass is 299 g/mol. The fourth-order valence-corrected chi connectivity index (χ4v) is 2.14. The maximum Gasteiger partial charge on any atom is 0.322 e. The van der Waals surface area contributed by atoms with Crippen LogP contribution in [-0.2, 0) is 9.59 Å². The first-order valence-electron chi connectivity index (χ1n) is 5.55. The van der Waals surface area contributed by atoms with Crippen molar-refractivity contribution in [3.63, 3.8) is 0 Å². The Morgan fingerprint density at radius 1 is 1.45 bits per heavy atom. The molecule has 0 aliphatic carbocycles. The van der Waals surface area contributed by atoms with Gasteiger partial charge in [-0.2, -0.15) is 0 Å². The van der Waals surface area contributed by atoms with Crippen molar-refractivity contribution in [2.75, 3.05) is 7.05 Å². The van der Waals surface area contributed by atoms with Gasteiger partial charge in [0.15, 0.2) is 0 Å². The van der Waals surface area contributed by atoms with E-state index >= 15 is 0 Å². The Morgan fingerprint density at radius 2 is 2.10 bits per heavy atom. The molecule has 3 N–H and O–H groups in total. The molecule has 1 aromatic carbocycles. The van der Waals surface area contributed by atoms with E-state index in [0.717, 1.165) is 11.9 Å². The second kappa shape index (κ2) is 7.46. The Hall–Kier alpha value is -2.13. The van der Waals surface area contributed by atoms with Crippen LogP contribution in [0.15, 0.2) is 29.2 Å². The van der Waals surface area contributed by atoms with Crippen LogP contribution in [0.2, 0.25) is 0 Å². The average Bonchev–Trinajstić information content (AvgIpc) is 2.42. The van der Waals surface area contributed by atoms with E-state index in [1.165, 1.54) is 25.2 Å². The molecule has 9 heteroatoms. The van der Waals surface area contributed by atoms with Gasteiger partial charge in [0.2, 0.25) is 5.91 Å². The van der Waals surface area contributed by atoms with Crippen LogP contribution in [0.3, 0.4) is 0 Å². The largest absolute Gasteiger partial charge is 0.480 e. The van der Waals surface area contributed by atoms with Crippen molar-refractivity contribution in [3.05, 3.63) is 34.4 Å². The van der Waals surface area contributed by atoms with Gasteiger partial charge in [-0.05, 0) is 18.0 Å². The molecule has 1 atom stereocenters. The van der Waals surface area contributed by atoms with Crippen molar-refractivity contribution in [1.29, 1.82) is 0 Å². The number of benzene rings is 1. The van der Waals surface area contributed by atoms with Crippen molar-refractivity contribution in [2.45, 2.75) is 17.4 Å². The minimum absolute atomic E-state index is 0.130. The minimum atomic E-state index is -1.21. The number of hydrogen-bond acceptors (Lipinski definition) is 6. The minimum Gasteiger partial charge on any atom is -0.480 e. The lowest BCUT2D eigenvalue weighted by molar-refractivity contribution is -0.387. The molecule has 0 radical (unpaired) electrons. The zero-order valence-corrected chi connectivity index (χ0v) is 11.3. The van der Waals surface area contributed by atoms with E-state index in [1.807, 2.05) is 0 Å². The number of rotatable bonds is 7. The Morgan fingerprint density at radius 3 is 2.65 bits per heavy atom. The second-order valence-corrected chi connectivity index (χ2v) is 4.59. The molecule has 0 spiro atoms. The lowest BCUT2D eigenvalue weighted by Crippen LogP contribution is -2.37. The predicted octanol–water partition coefficient (Wildman–Crippen LogP) is 0.781. The molecule has 0 heterocycles. The molecule has 0 saturated heterocycles. The van der Waals surface area contributed by atoms with Crippen LogP contribution < -0.4 is 10.0 Å². The Kier molecular flexibility index (Phi) is 5.94. The normalized spacial score (nSPS) is 11.7. The number of carbonyl (C=O) groups is 2. The van der Waals surface area contributed by atoms with Crippen molar-refractivity contribution >= 4 is 29.5 Å². The van der Waals surface area contributed by atoms with Gasteiger partial charge in [0.25, 0.3) is 5.69 Å². The molecule has 0 unspecified atom stereocenters. The van der Waals surface area contributed by atoms with Gasteiger partial charge >= 0.3 is 5.97 Å². The number of nitro groups is 1. The number of nitrogens with zero attached hydrogens (tertiary/aromatic N) is 1. The zero-order chi connectivity index (χ0) is 15.1. The molecule has 1 rings (SSSR count). The molecular weight excluding hydrogens is 286 g/mol. The van der Waals surface area contributed by atoms with Crippen LogP contribution in [0.4, 0.5) is 5.69 Å². The summed E-state index contributed by atoms with van der Waals surface area (Å²) < 4.78 is 2.55. The summed E-state index contributed by atoms with van der Waals surface area (Å²) in [5, 5.41) is 22.1. The summed E-state index contributed by atoms with van der Waals surface area (Å²) >= 11 is 0.812. The molecule has 0 aliphatic rings. The number of nitrogens with one attached hydrogen (secondary N) is 2. The summed E-state index contributed by atoms with van der Waals surface area (Å²) in [6, 6.07) is 4.79. The van der Waals surface area contributed by atoms with Crippen LogP contribution in [0.5, 0.6) is 0 Å². The average molecular weight is 299 g/mol. The first kappa shape index (κ1) is 15.9. The van der Waals surface area contributed by atoms with E-state index in [4.69, 9.17) is 5.11 Å². The maximum atomic E-state index is 11.2. The number of carbonyl (C=O) groups excluding carboxylic acids is 1. The summed E-state index contributed by atoms with van der Waals surface area (Å²) in [5.41, 5.74) is -0.130. The number of amides is 1. The Balaban J connectivity index is 2.75. The summed E-state index contributed by atoms with van der Waals surface area (Å²) in [4.78, 5) is 32.7. The molecule has 0 fully saturated rings. The van der Waals surface area contributed by atoms with Gasteiger partial charge in [-0.3, -0.25) is 19.7 Å². The lowest BCUT2D eigenvalue weighted by atomic mass is 10.2. The highest BCUT2D eigenvalue weighted by Gasteiger charge is 2.22.